The summed E-state index contributed by atoms with van der Waals surface area (Å²) in [4.78, 5) is 2.47. The van der Waals surface area contributed by atoms with Gasteiger partial charge in [-0.3, -0.25) is 0 Å². The highest BCUT2D eigenvalue weighted by atomic mass is 19.1. The van der Waals surface area contributed by atoms with Gasteiger partial charge in [0.05, 0.1) is 0 Å². The van der Waals surface area contributed by atoms with E-state index in [-0.39, 0.29) is 11.9 Å². The number of hydrogen-bond donors (Lipinski definition) is 1. The van der Waals surface area contributed by atoms with E-state index >= 15 is 0 Å². The number of nitrogens with zero attached hydrogens (tertiary/aromatic N) is 1. The van der Waals surface area contributed by atoms with Crippen LogP contribution in [0.5, 0.6) is 0 Å². The summed E-state index contributed by atoms with van der Waals surface area (Å²) in [7, 11) is 2.22. The zero-order chi connectivity index (χ0) is 15.2. The topological polar surface area (TPSA) is 29.3 Å². The number of hydrogen-bond acceptors (Lipinski definition) is 2. The zero-order valence-corrected chi connectivity index (χ0v) is 13.4. The highest BCUT2D eigenvalue weighted by Gasteiger charge is 2.23. The molecule has 0 spiro atoms. The Morgan fingerprint density at radius 1 is 1.19 bits per heavy atom. The molecule has 1 aromatic rings. The maximum atomic E-state index is 12.9. The van der Waals surface area contributed by atoms with Crippen LogP contribution in [0.4, 0.5) is 4.39 Å². The van der Waals surface area contributed by atoms with Gasteiger partial charge in [-0.25, -0.2) is 4.39 Å². The molecule has 2 rings (SSSR count). The van der Waals surface area contributed by atoms with Crippen molar-refractivity contribution in [2.45, 2.75) is 57.5 Å². The molecule has 1 aliphatic carbocycles. The van der Waals surface area contributed by atoms with Gasteiger partial charge in [0.15, 0.2) is 0 Å². The smallest absolute Gasteiger partial charge is 0.123 e. The second-order valence-electron chi connectivity index (χ2n) is 6.51. The zero-order valence-electron chi connectivity index (χ0n) is 13.4. The van der Waals surface area contributed by atoms with E-state index in [2.05, 4.69) is 18.9 Å². The Morgan fingerprint density at radius 2 is 1.81 bits per heavy atom. The van der Waals surface area contributed by atoms with Crippen molar-refractivity contribution in [3.05, 3.63) is 35.6 Å². The van der Waals surface area contributed by atoms with Crippen LogP contribution in [0.3, 0.4) is 0 Å². The van der Waals surface area contributed by atoms with E-state index in [4.69, 9.17) is 5.73 Å². The molecule has 1 aromatic carbocycles. The Hall–Kier alpha value is -0.930. The lowest BCUT2D eigenvalue weighted by Crippen LogP contribution is -2.36. The van der Waals surface area contributed by atoms with Crippen LogP contribution in [-0.2, 0) is 0 Å². The first-order chi connectivity index (χ1) is 10.1. The van der Waals surface area contributed by atoms with Crippen LogP contribution in [0.1, 0.15) is 57.1 Å². The minimum atomic E-state index is -0.198. The number of benzene rings is 1. The van der Waals surface area contributed by atoms with E-state index < -0.39 is 0 Å². The van der Waals surface area contributed by atoms with Gasteiger partial charge in [-0.15, -0.1) is 0 Å². The predicted octanol–water partition coefficient (Wildman–Crippen LogP) is 4.12. The van der Waals surface area contributed by atoms with Gasteiger partial charge in [-0.2, -0.15) is 0 Å². The van der Waals surface area contributed by atoms with Gasteiger partial charge in [-0.1, -0.05) is 25.5 Å². The number of halogens is 1. The van der Waals surface area contributed by atoms with Crippen molar-refractivity contribution in [2.75, 3.05) is 13.6 Å². The Bertz CT molecular complexity index is 410. The molecule has 0 radical (unpaired) electrons. The molecule has 2 nitrogen and oxygen atoms in total. The molecule has 0 aliphatic heterocycles. The van der Waals surface area contributed by atoms with Gasteiger partial charge in [0.25, 0.3) is 0 Å². The maximum Gasteiger partial charge on any atom is 0.123 e. The first-order valence-corrected chi connectivity index (χ1v) is 8.31. The first-order valence-electron chi connectivity index (χ1n) is 8.31. The Balaban J connectivity index is 1.76. The molecule has 1 atom stereocenters. The van der Waals surface area contributed by atoms with Gasteiger partial charge in [0.2, 0.25) is 0 Å². The largest absolute Gasteiger partial charge is 0.324 e. The normalized spacial score (nSPS) is 24.2. The summed E-state index contributed by atoms with van der Waals surface area (Å²) in [5.41, 5.74) is 7.24. The maximum absolute atomic E-state index is 12.9. The lowest BCUT2D eigenvalue weighted by atomic mass is 9.84. The van der Waals surface area contributed by atoms with E-state index in [9.17, 15) is 4.39 Å². The molecule has 0 bridgehead atoms. The quantitative estimate of drug-likeness (QED) is 0.854. The first kappa shape index (κ1) is 16.4. The van der Waals surface area contributed by atoms with Crippen molar-refractivity contribution >= 4 is 0 Å². The minimum Gasteiger partial charge on any atom is -0.324 e. The molecule has 1 saturated carbocycles. The summed E-state index contributed by atoms with van der Waals surface area (Å²) in [5, 5.41) is 0. The van der Waals surface area contributed by atoms with Crippen molar-refractivity contribution in [2.24, 2.45) is 11.7 Å². The Morgan fingerprint density at radius 3 is 2.38 bits per heavy atom. The second kappa shape index (κ2) is 7.90. The standard InChI is InChI=1S/C18H29FN2/c1-3-14-4-10-17(11-5-14)21(2)13-12-18(20)15-6-8-16(19)9-7-15/h6-9,14,17-18H,3-5,10-13,20H2,1-2H3. The van der Waals surface area contributed by atoms with E-state index in [1.807, 2.05) is 0 Å². The molecule has 1 aliphatic rings. The molecule has 3 heteroatoms. The van der Waals surface area contributed by atoms with Crippen LogP contribution in [-0.4, -0.2) is 24.5 Å². The molecule has 0 amide bonds. The van der Waals surface area contributed by atoms with E-state index in [1.165, 1.54) is 44.2 Å². The Kier molecular flexibility index (Phi) is 6.19. The molecular formula is C18H29FN2. The monoisotopic (exact) mass is 292 g/mol. The second-order valence-corrected chi connectivity index (χ2v) is 6.51. The summed E-state index contributed by atoms with van der Waals surface area (Å²) in [6.07, 6.45) is 7.63. The SMILES string of the molecule is CCC1CCC(N(C)CCC(N)c2ccc(F)cc2)CC1. The molecule has 0 heterocycles. The highest BCUT2D eigenvalue weighted by Crippen LogP contribution is 2.29. The molecule has 0 aromatic heterocycles. The van der Waals surface area contributed by atoms with Crippen molar-refractivity contribution < 1.29 is 4.39 Å². The van der Waals surface area contributed by atoms with Crippen molar-refractivity contribution in [1.82, 2.24) is 4.90 Å². The number of rotatable bonds is 6. The van der Waals surface area contributed by atoms with Gasteiger partial charge < -0.3 is 10.6 Å². The Labute approximate surface area is 128 Å². The molecular weight excluding hydrogens is 263 g/mol. The van der Waals surface area contributed by atoms with Crippen molar-refractivity contribution in [3.8, 4) is 0 Å². The molecule has 1 fully saturated rings. The van der Waals surface area contributed by atoms with Crippen LogP contribution in [0, 0.1) is 11.7 Å². The lowest BCUT2D eigenvalue weighted by molar-refractivity contribution is 0.159. The predicted molar refractivity (Wildman–Crippen MR) is 86.6 cm³/mol. The van der Waals surface area contributed by atoms with Crippen LogP contribution >= 0.6 is 0 Å². The van der Waals surface area contributed by atoms with Gasteiger partial charge in [0.1, 0.15) is 5.82 Å². The van der Waals surface area contributed by atoms with Crippen LogP contribution in [0.25, 0.3) is 0 Å². The minimum absolute atomic E-state index is 0.0000286. The summed E-state index contributed by atoms with van der Waals surface area (Å²) < 4.78 is 12.9. The van der Waals surface area contributed by atoms with E-state index in [1.54, 1.807) is 12.1 Å². The molecule has 118 valence electrons. The van der Waals surface area contributed by atoms with Crippen molar-refractivity contribution in [3.63, 3.8) is 0 Å². The van der Waals surface area contributed by atoms with Crippen LogP contribution in [0.2, 0.25) is 0 Å². The van der Waals surface area contributed by atoms with Crippen LogP contribution in [0.15, 0.2) is 24.3 Å². The molecule has 2 N–H and O–H groups in total. The lowest BCUT2D eigenvalue weighted by Gasteiger charge is -2.35. The number of nitrogens with two attached hydrogens (primary N) is 1. The summed E-state index contributed by atoms with van der Waals surface area (Å²) in [6, 6.07) is 7.29. The molecule has 1 unspecified atom stereocenters. The average molecular weight is 292 g/mol. The fourth-order valence-corrected chi connectivity index (χ4v) is 3.40. The van der Waals surface area contributed by atoms with Crippen molar-refractivity contribution in [1.29, 1.82) is 0 Å². The van der Waals surface area contributed by atoms with Gasteiger partial charge in [0, 0.05) is 12.1 Å². The average Bonchev–Trinajstić information content (AvgIpc) is 2.53. The van der Waals surface area contributed by atoms with Crippen LogP contribution < -0.4 is 5.73 Å². The third kappa shape index (κ3) is 4.79. The molecule has 0 saturated heterocycles. The molecule has 21 heavy (non-hydrogen) atoms. The van der Waals surface area contributed by atoms with Gasteiger partial charge >= 0.3 is 0 Å². The van der Waals surface area contributed by atoms with E-state index in [0.29, 0.717) is 6.04 Å². The third-order valence-corrected chi connectivity index (χ3v) is 5.11. The highest BCUT2D eigenvalue weighted by molar-refractivity contribution is 5.19. The fraction of sp³-hybridized carbons (Fsp3) is 0.667. The fourth-order valence-electron chi connectivity index (χ4n) is 3.40. The summed E-state index contributed by atoms with van der Waals surface area (Å²) in [6.45, 7) is 3.32. The van der Waals surface area contributed by atoms with E-state index in [0.717, 1.165) is 24.4 Å². The van der Waals surface area contributed by atoms with Gasteiger partial charge in [-0.05, 0) is 69.3 Å². The third-order valence-electron chi connectivity index (χ3n) is 5.11. The summed E-state index contributed by atoms with van der Waals surface area (Å²) in [5.74, 6) is 0.742. The summed E-state index contributed by atoms with van der Waals surface area (Å²) >= 11 is 0.